The van der Waals surface area contributed by atoms with Crippen molar-refractivity contribution in [3.8, 4) is 0 Å². The van der Waals surface area contributed by atoms with Crippen LogP contribution in [0.15, 0.2) is 22.7 Å². The summed E-state index contributed by atoms with van der Waals surface area (Å²) in [7, 11) is 0. The average molecular weight is 384 g/mol. The Morgan fingerprint density at radius 2 is 2.11 bits per heavy atom. The Hall–Kier alpha value is -3.07. The highest BCUT2D eigenvalue weighted by Crippen LogP contribution is 2.26. The smallest absolute Gasteiger partial charge is 0.261 e. The Bertz CT molecular complexity index is 948. The van der Waals surface area contributed by atoms with E-state index in [0.29, 0.717) is 23.9 Å². The Labute approximate surface area is 161 Å². The molecule has 1 aromatic carbocycles. The highest BCUT2D eigenvalue weighted by Gasteiger charge is 2.38. The van der Waals surface area contributed by atoms with E-state index in [-0.39, 0.29) is 29.7 Å². The minimum atomic E-state index is -0.490. The number of aryl methyl sites for hydroxylation is 1. The summed E-state index contributed by atoms with van der Waals surface area (Å²) < 4.78 is 10.6. The molecular weight excluding hydrogens is 364 g/mol. The first kappa shape index (κ1) is 18.3. The number of rotatable bonds is 5. The van der Waals surface area contributed by atoms with Crippen molar-refractivity contribution in [2.24, 2.45) is 0 Å². The molecule has 146 valence electrons. The van der Waals surface area contributed by atoms with Gasteiger partial charge in [-0.2, -0.15) is 4.98 Å². The van der Waals surface area contributed by atoms with Crippen LogP contribution in [0.1, 0.15) is 68.6 Å². The molecule has 9 heteroatoms. The summed E-state index contributed by atoms with van der Waals surface area (Å²) in [5, 5.41) is 6.45. The maximum Gasteiger partial charge on any atom is 0.261 e. The van der Waals surface area contributed by atoms with E-state index >= 15 is 0 Å². The van der Waals surface area contributed by atoms with Crippen molar-refractivity contribution in [1.29, 1.82) is 0 Å². The number of hydrogen-bond acceptors (Lipinski definition) is 7. The first-order chi connectivity index (χ1) is 13.4. The molecule has 1 saturated heterocycles. The van der Waals surface area contributed by atoms with Crippen LogP contribution in [-0.2, 0) is 4.74 Å². The standard InChI is InChI=1S/C19H20N4O5/c1-10(17-21-11(2)22-28-17)20-16(24)12-5-6-14-15(8-12)19(26)23(18(14)25)9-13-4-3-7-27-13/h5-6,8,10,13H,3-4,7,9H2,1-2H3,(H,20,24). The number of imide groups is 1. The Morgan fingerprint density at radius 3 is 2.79 bits per heavy atom. The zero-order valence-corrected chi connectivity index (χ0v) is 15.6. The van der Waals surface area contributed by atoms with Crippen LogP contribution in [0, 0.1) is 6.92 Å². The molecule has 2 atom stereocenters. The van der Waals surface area contributed by atoms with Crippen LogP contribution in [0.25, 0.3) is 0 Å². The first-order valence-electron chi connectivity index (χ1n) is 9.17. The van der Waals surface area contributed by atoms with Crippen molar-refractivity contribution >= 4 is 17.7 Å². The van der Waals surface area contributed by atoms with Crippen LogP contribution in [0.5, 0.6) is 0 Å². The number of nitrogens with one attached hydrogen (secondary N) is 1. The monoisotopic (exact) mass is 384 g/mol. The molecule has 0 radical (unpaired) electrons. The van der Waals surface area contributed by atoms with E-state index in [1.54, 1.807) is 13.8 Å². The molecule has 2 unspecified atom stereocenters. The highest BCUT2D eigenvalue weighted by atomic mass is 16.5. The maximum atomic E-state index is 12.7. The van der Waals surface area contributed by atoms with E-state index in [2.05, 4.69) is 15.5 Å². The van der Waals surface area contributed by atoms with Gasteiger partial charge in [0.05, 0.1) is 23.8 Å². The van der Waals surface area contributed by atoms with Gasteiger partial charge in [-0.25, -0.2) is 0 Å². The predicted molar refractivity (Wildman–Crippen MR) is 95.7 cm³/mol. The second-order valence-corrected chi connectivity index (χ2v) is 6.99. The predicted octanol–water partition coefficient (Wildman–Crippen LogP) is 1.64. The third-order valence-corrected chi connectivity index (χ3v) is 4.90. The topological polar surface area (TPSA) is 115 Å². The lowest BCUT2D eigenvalue weighted by Crippen LogP contribution is -2.36. The molecule has 3 amide bonds. The molecule has 2 aliphatic rings. The lowest BCUT2D eigenvalue weighted by atomic mass is 10.1. The van der Waals surface area contributed by atoms with Crippen LogP contribution < -0.4 is 5.32 Å². The minimum Gasteiger partial charge on any atom is -0.376 e. The van der Waals surface area contributed by atoms with Crippen molar-refractivity contribution < 1.29 is 23.6 Å². The van der Waals surface area contributed by atoms with Gasteiger partial charge in [0.2, 0.25) is 5.89 Å². The SMILES string of the molecule is Cc1noc(C(C)NC(=O)c2ccc3c(c2)C(=O)N(CC2CCCO2)C3=O)n1. The fourth-order valence-corrected chi connectivity index (χ4v) is 3.42. The summed E-state index contributed by atoms with van der Waals surface area (Å²) in [4.78, 5) is 43.1. The number of benzene rings is 1. The fraction of sp³-hybridized carbons (Fsp3) is 0.421. The zero-order valence-electron chi connectivity index (χ0n) is 15.6. The van der Waals surface area contributed by atoms with E-state index in [4.69, 9.17) is 9.26 Å². The third kappa shape index (κ3) is 3.29. The molecule has 1 N–H and O–H groups in total. The minimum absolute atomic E-state index is 0.122. The number of amides is 3. The summed E-state index contributed by atoms with van der Waals surface area (Å²) >= 11 is 0. The van der Waals surface area contributed by atoms with Gasteiger partial charge in [0.1, 0.15) is 6.04 Å². The molecule has 2 aromatic rings. The average Bonchev–Trinajstić information content (AvgIpc) is 3.40. The number of carbonyl (C=O) groups is 3. The van der Waals surface area contributed by atoms with Crippen molar-refractivity contribution in [2.45, 2.75) is 38.8 Å². The molecule has 4 rings (SSSR count). The molecule has 1 aromatic heterocycles. The van der Waals surface area contributed by atoms with Crippen LogP contribution in [0.2, 0.25) is 0 Å². The van der Waals surface area contributed by atoms with E-state index < -0.39 is 17.9 Å². The number of fused-ring (bicyclic) bond motifs is 1. The van der Waals surface area contributed by atoms with Gasteiger partial charge in [-0.15, -0.1) is 0 Å². The lowest BCUT2D eigenvalue weighted by molar-refractivity contribution is 0.0475. The van der Waals surface area contributed by atoms with Gasteiger partial charge in [0.25, 0.3) is 17.7 Å². The summed E-state index contributed by atoms with van der Waals surface area (Å²) in [5.41, 5.74) is 0.819. The molecule has 0 bridgehead atoms. The molecule has 0 aliphatic carbocycles. The molecule has 2 aliphatic heterocycles. The Balaban J connectivity index is 1.50. The first-order valence-corrected chi connectivity index (χ1v) is 9.17. The number of ether oxygens (including phenoxy) is 1. The summed E-state index contributed by atoms with van der Waals surface area (Å²) in [6.07, 6.45) is 1.63. The van der Waals surface area contributed by atoms with E-state index in [1.165, 1.54) is 23.1 Å². The Morgan fingerprint density at radius 1 is 1.32 bits per heavy atom. The van der Waals surface area contributed by atoms with Gasteiger partial charge >= 0.3 is 0 Å². The van der Waals surface area contributed by atoms with Gasteiger partial charge in [-0.1, -0.05) is 5.16 Å². The second-order valence-electron chi connectivity index (χ2n) is 6.99. The lowest BCUT2D eigenvalue weighted by Gasteiger charge is -2.17. The zero-order chi connectivity index (χ0) is 19.8. The molecule has 28 heavy (non-hydrogen) atoms. The summed E-state index contributed by atoms with van der Waals surface area (Å²) in [6, 6.07) is 4.00. The van der Waals surface area contributed by atoms with E-state index in [0.717, 1.165) is 12.8 Å². The van der Waals surface area contributed by atoms with Gasteiger partial charge in [0, 0.05) is 12.2 Å². The number of hydrogen-bond donors (Lipinski definition) is 1. The number of nitrogens with zero attached hydrogens (tertiary/aromatic N) is 3. The van der Waals surface area contributed by atoms with Crippen molar-refractivity contribution in [3.63, 3.8) is 0 Å². The largest absolute Gasteiger partial charge is 0.376 e. The summed E-state index contributed by atoms with van der Waals surface area (Å²) in [5.74, 6) is -0.378. The molecule has 1 fully saturated rings. The molecule has 3 heterocycles. The summed E-state index contributed by atoms with van der Waals surface area (Å²) in [6.45, 7) is 4.29. The third-order valence-electron chi connectivity index (χ3n) is 4.90. The van der Waals surface area contributed by atoms with Gasteiger partial charge < -0.3 is 14.6 Å². The normalized spacial score (nSPS) is 19.8. The van der Waals surface area contributed by atoms with Gasteiger partial charge in [0.15, 0.2) is 5.82 Å². The Kier molecular flexibility index (Phi) is 4.68. The second kappa shape index (κ2) is 7.16. The number of carbonyl (C=O) groups excluding carboxylic acids is 3. The molecule has 0 spiro atoms. The number of aromatic nitrogens is 2. The van der Waals surface area contributed by atoms with E-state index in [9.17, 15) is 14.4 Å². The van der Waals surface area contributed by atoms with E-state index in [1.807, 2.05) is 0 Å². The van der Waals surface area contributed by atoms with Gasteiger partial charge in [-0.05, 0) is 44.9 Å². The quantitative estimate of drug-likeness (QED) is 0.779. The van der Waals surface area contributed by atoms with Crippen LogP contribution >= 0.6 is 0 Å². The van der Waals surface area contributed by atoms with Crippen LogP contribution in [0.3, 0.4) is 0 Å². The van der Waals surface area contributed by atoms with Gasteiger partial charge in [-0.3, -0.25) is 19.3 Å². The molecular formula is C19H20N4O5. The fourth-order valence-electron chi connectivity index (χ4n) is 3.42. The van der Waals surface area contributed by atoms with Crippen molar-refractivity contribution in [1.82, 2.24) is 20.4 Å². The highest BCUT2D eigenvalue weighted by molar-refractivity contribution is 6.22. The van der Waals surface area contributed by atoms with Crippen molar-refractivity contribution in [2.75, 3.05) is 13.2 Å². The van der Waals surface area contributed by atoms with Crippen molar-refractivity contribution in [3.05, 3.63) is 46.6 Å². The maximum absolute atomic E-state index is 12.7. The van der Waals surface area contributed by atoms with Crippen LogP contribution in [-0.4, -0.2) is 52.0 Å². The molecule has 9 nitrogen and oxygen atoms in total. The van der Waals surface area contributed by atoms with Crippen LogP contribution in [0.4, 0.5) is 0 Å². The molecule has 0 saturated carbocycles.